The molecule has 22 heavy (non-hydrogen) atoms. The van der Waals surface area contributed by atoms with E-state index >= 15 is 0 Å². The van der Waals surface area contributed by atoms with E-state index in [-0.39, 0.29) is 5.91 Å². The molecule has 1 aliphatic heterocycles. The van der Waals surface area contributed by atoms with Crippen LogP contribution in [0.3, 0.4) is 0 Å². The second-order valence-electron chi connectivity index (χ2n) is 5.28. The van der Waals surface area contributed by atoms with E-state index in [1.807, 2.05) is 17.0 Å². The van der Waals surface area contributed by atoms with Crippen molar-refractivity contribution >= 4 is 22.2 Å². The molecule has 3 rings (SSSR count). The van der Waals surface area contributed by atoms with Gasteiger partial charge in [0.05, 0.1) is 12.1 Å². The molecule has 0 saturated heterocycles. The van der Waals surface area contributed by atoms with Crippen LogP contribution >= 0.6 is 11.3 Å². The fourth-order valence-corrected chi connectivity index (χ4v) is 3.80. The van der Waals surface area contributed by atoms with Gasteiger partial charge in [0.25, 0.3) is 0 Å². The van der Waals surface area contributed by atoms with Gasteiger partial charge in [-0.25, -0.2) is 0 Å². The summed E-state index contributed by atoms with van der Waals surface area (Å²) in [6, 6.07) is 6.03. The van der Waals surface area contributed by atoms with Crippen molar-refractivity contribution in [3.8, 4) is 6.07 Å². The first kappa shape index (κ1) is 14.5. The number of fused-ring (bicyclic) bond motifs is 1. The molecule has 0 unspecified atom stereocenters. The maximum atomic E-state index is 12.4. The molecule has 0 atom stereocenters. The highest BCUT2D eigenvalue weighted by Crippen LogP contribution is 2.34. The molecule has 1 amide bonds. The van der Waals surface area contributed by atoms with Crippen molar-refractivity contribution in [1.29, 1.82) is 5.26 Å². The lowest BCUT2D eigenvalue weighted by Crippen LogP contribution is -2.35. The lowest BCUT2D eigenvalue weighted by atomic mass is 10.0. The summed E-state index contributed by atoms with van der Waals surface area (Å²) in [6.45, 7) is 1.23. The molecule has 0 spiro atoms. The summed E-state index contributed by atoms with van der Waals surface area (Å²) in [5.41, 5.74) is 8.62. The molecule has 2 N–H and O–H groups in total. The van der Waals surface area contributed by atoms with E-state index < -0.39 is 0 Å². The SMILES string of the molecule is N#Cc1c(N)sc2c1CCN(C(=O)CCc1ccncc1)C2. The van der Waals surface area contributed by atoms with E-state index in [4.69, 9.17) is 11.0 Å². The van der Waals surface area contributed by atoms with Gasteiger partial charge in [-0.1, -0.05) is 0 Å². The standard InChI is InChI=1S/C16H16N4OS/c17-9-13-12-5-8-20(10-14(12)22-16(13)18)15(21)2-1-11-3-6-19-7-4-11/h3-4,6-7H,1-2,5,8,10,18H2. The number of nitriles is 1. The Morgan fingerprint density at radius 3 is 2.95 bits per heavy atom. The van der Waals surface area contributed by atoms with Crippen molar-refractivity contribution in [3.05, 3.63) is 46.1 Å². The van der Waals surface area contributed by atoms with Crippen LogP contribution in [0.5, 0.6) is 0 Å². The number of hydrogen-bond donors (Lipinski definition) is 1. The number of carbonyl (C=O) groups is 1. The third-order valence-corrected chi connectivity index (χ3v) is 4.97. The zero-order valence-corrected chi connectivity index (χ0v) is 12.9. The van der Waals surface area contributed by atoms with E-state index in [2.05, 4.69) is 11.1 Å². The minimum atomic E-state index is 0.146. The predicted octanol–water partition coefficient (Wildman–Crippen LogP) is 2.11. The van der Waals surface area contributed by atoms with Crippen LogP contribution in [0.25, 0.3) is 0 Å². The van der Waals surface area contributed by atoms with E-state index in [1.165, 1.54) is 11.3 Å². The highest BCUT2D eigenvalue weighted by Gasteiger charge is 2.25. The van der Waals surface area contributed by atoms with E-state index in [0.717, 1.165) is 22.4 Å². The lowest BCUT2D eigenvalue weighted by molar-refractivity contribution is -0.132. The summed E-state index contributed by atoms with van der Waals surface area (Å²) in [5, 5.41) is 9.71. The van der Waals surface area contributed by atoms with Crippen LogP contribution in [0.1, 0.15) is 28.0 Å². The third-order valence-electron chi connectivity index (χ3n) is 3.93. The zero-order chi connectivity index (χ0) is 15.5. The van der Waals surface area contributed by atoms with Gasteiger partial charge in [-0.3, -0.25) is 9.78 Å². The second kappa shape index (κ2) is 6.16. The van der Waals surface area contributed by atoms with Gasteiger partial charge in [0.1, 0.15) is 11.1 Å². The number of nitrogens with zero attached hydrogens (tertiary/aromatic N) is 3. The Kier molecular flexibility index (Phi) is 4.07. The molecule has 0 aliphatic carbocycles. The van der Waals surface area contributed by atoms with Crippen LogP contribution in [-0.4, -0.2) is 22.3 Å². The Balaban J connectivity index is 1.64. The van der Waals surface area contributed by atoms with Crippen molar-refractivity contribution in [3.63, 3.8) is 0 Å². The first-order chi connectivity index (χ1) is 10.7. The number of aromatic nitrogens is 1. The molecular formula is C16H16N4OS. The van der Waals surface area contributed by atoms with Gasteiger partial charge in [-0.15, -0.1) is 11.3 Å². The predicted molar refractivity (Wildman–Crippen MR) is 85.1 cm³/mol. The Hall–Kier alpha value is -2.39. The fourth-order valence-electron chi connectivity index (χ4n) is 2.72. The summed E-state index contributed by atoms with van der Waals surface area (Å²) in [6.07, 6.45) is 5.41. The molecule has 112 valence electrons. The number of carbonyl (C=O) groups excluding carboxylic acids is 1. The molecule has 0 aromatic carbocycles. The molecule has 6 heteroatoms. The van der Waals surface area contributed by atoms with Crippen molar-refractivity contribution in [2.45, 2.75) is 25.8 Å². The maximum absolute atomic E-state index is 12.4. The normalized spacial score (nSPS) is 13.5. The van der Waals surface area contributed by atoms with Gasteiger partial charge in [-0.05, 0) is 36.1 Å². The molecule has 1 aliphatic rings. The number of pyridine rings is 1. The molecule has 5 nitrogen and oxygen atoms in total. The molecule has 0 radical (unpaired) electrons. The highest BCUT2D eigenvalue weighted by atomic mass is 32.1. The molecule has 0 saturated carbocycles. The van der Waals surface area contributed by atoms with E-state index in [9.17, 15) is 4.79 Å². The monoisotopic (exact) mass is 312 g/mol. The largest absolute Gasteiger partial charge is 0.389 e. The number of thiophene rings is 1. The Labute approximate surface area is 133 Å². The number of rotatable bonds is 3. The van der Waals surface area contributed by atoms with Gasteiger partial charge < -0.3 is 10.6 Å². The molecule has 0 bridgehead atoms. The molecule has 3 heterocycles. The van der Waals surface area contributed by atoms with Gasteiger partial charge in [0.2, 0.25) is 5.91 Å². The minimum absolute atomic E-state index is 0.146. The van der Waals surface area contributed by atoms with Gasteiger partial charge in [0.15, 0.2) is 0 Å². The number of nitrogen functional groups attached to an aromatic ring is 1. The van der Waals surface area contributed by atoms with Crippen LogP contribution in [0, 0.1) is 11.3 Å². The molecule has 2 aromatic rings. The number of amides is 1. The second-order valence-corrected chi connectivity index (χ2v) is 6.41. The smallest absolute Gasteiger partial charge is 0.223 e. The fraction of sp³-hybridized carbons (Fsp3) is 0.312. The van der Waals surface area contributed by atoms with Gasteiger partial charge in [0, 0.05) is 30.2 Å². The van der Waals surface area contributed by atoms with Crippen LogP contribution in [0.4, 0.5) is 5.00 Å². The minimum Gasteiger partial charge on any atom is -0.389 e. The van der Waals surface area contributed by atoms with E-state index in [1.54, 1.807) is 12.4 Å². The Bertz CT molecular complexity index is 733. The number of anilines is 1. The van der Waals surface area contributed by atoms with Crippen LogP contribution in [-0.2, 0) is 24.2 Å². The zero-order valence-electron chi connectivity index (χ0n) is 12.1. The topological polar surface area (TPSA) is 83.0 Å². The molecular weight excluding hydrogens is 296 g/mol. The number of aryl methyl sites for hydroxylation is 1. The average Bonchev–Trinajstić information content (AvgIpc) is 2.87. The third kappa shape index (κ3) is 2.81. The first-order valence-corrected chi connectivity index (χ1v) is 7.97. The highest BCUT2D eigenvalue weighted by molar-refractivity contribution is 7.16. The van der Waals surface area contributed by atoms with Gasteiger partial charge >= 0.3 is 0 Å². The van der Waals surface area contributed by atoms with Crippen LogP contribution in [0.2, 0.25) is 0 Å². The van der Waals surface area contributed by atoms with Crippen molar-refractivity contribution < 1.29 is 4.79 Å². The Morgan fingerprint density at radius 2 is 2.23 bits per heavy atom. The molecule has 2 aromatic heterocycles. The summed E-state index contributed by atoms with van der Waals surface area (Å²) in [4.78, 5) is 19.3. The lowest BCUT2D eigenvalue weighted by Gasteiger charge is -2.27. The van der Waals surface area contributed by atoms with Crippen molar-refractivity contribution in [2.24, 2.45) is 0 Å². The maximum Gasteiger partial charge on any atom is 0.223 e. The first-order valence-electron chi connectivity index (χ1n) is 7.16. The van der Waals surface area contributed by atoms with Crippen molar-refractivity contribution in [2.75, 3.05) is 12.3 Å². The van der Waals surface area contributed by atoms with Crippen molar-refractivity contribution in [1.82, 2.24) is 9.88 Å². The summed E-state index contributed by atoms with van der Waals surface area (Å²) in [7, 11) is 0. The number of nitrogens with two attached hydrogens (primary N) is 1. The summed E-state index contributed by atoms with van der Waals surface area (Å²) in [5.74, 6) is 0.146. The molecule has 0 fully saturated rings. The average molecular weight is 312 g/mol. The summed E-state index contributed by atoms with van der Waals surface area (Å²) < 4.78 is 0. The van der Waals surface area contributed by atoms with E-state index in [0.29, 0.717) is 36.5 Å². The Morgan fingerprint density at radius 1 is 1.45 bits per heavy atom. The number of hydrogen-bond acceptors (Lipinski definition) is 5. The van der Waals surface area contributed by atoms with Gasteiger partial charge in [-0.2, -0.15) is 5.26 Å². The summed E-state index contributed by atoms with van der Waals surface area (Å²) >= 11 is 1.43. The van der Waals surface area contributed by atoms with Crippen LogP contribution < -0.4 is 5.73 Å². The van der Waals surface area contributed by atoms with Crippen LogP contribution in [0.15, 0.2) is 24.5 Å². The quantitative estimate of drug-likeness (QED) is 0.941.